The lowest BCUT2D eigenvalue weighted by molar-refractivity contribution is 0.0935. The largest absolute Gasteiger partial charge is 0.508 e. The molecule has 1 amide bonds. The van der Waals surface area contributed by atoms with E-state index in [1.165, 1.54) is 24.3 Å². The number of hydrogen-bond acceptors (Lipinski definition) is 3. The van der Waals surface area contributed by atoms with Gasteiger partial charge >= 0.3 is 0 Å². The summed E-state index contributed by atoms with van der Waals surface area (Å²) in [6.45, 7) is 3.66. The minimum absolute atomic E-state index is 0.0722. The van der Waals surface area contributed by atoms with Crippen molar-refractivity contribution in [2.75, 3.05) is 0 Å². The molecule has 4 nitrogen and oxygen atoms in total. The van der Waals surface area contributed by atoms with E-state index in [2.05, 4.69) is 5.32 Å². The van der Waals surface area contributed by atoms with Gasteiger partial charge in [-0.3, -0.25) is 4.79 Å². The maximum atomic E-state index is 13.1. The van der Waals surface area contributed by atoms with Crippen LogP contribution in [0.15, 0.2) is 46.9 Å². The number of furan rings is 1. The molecular weight excluding hydrogens is 309 g/mol. The maximum absolute atomic E-state index is 13.1. The lowest BCUT2D eigenvalue weighted by Crippen LogP contribution is -2.28. The Bertz CT molecular complexity index is 884. The number of benzene rings is 2. The highest BCUT2D eigenvalue weighted by Crippen LogP contribution is 2.29. The Balaban J connectivity index is 1.92. The molecule has 0 radical (unpaired) electrons. The van der Waals surface area contributed by atoms with Crippen LogP contribution in [0.4, 0.5) is 4.39 Å². The Morgan fingerprint density at radius 2 is 1.96 bits per heavy atom. The molecule has 3 rings (SSSR count). The van der Waals surface area contributed by atoms with Crippen LogP contribution in [0.1, 0.15) is 41.1 Å². The highest BCUT2D eigenvalue weighted by Gasteiger charge is 2.21. The summed E-state index contributed by atoms with van der Waals surface area (Å²) < 4.78 is 18.7. The Kier molecular flexibility index (Phi) is 4.25. The van der Waals surface area contributed by atoms with Crippen molar-refractivity contribution < 1.29 is 18.7 Å². The van der Waals surface area contributed by atoms with Crippen LogP contribution in [0.2, 0.25) is 0 Å². The highest BCUT2D eigenvalue weighted by atomic mass is 19.1. The second-order valence-electron chi connectivity index (χ2n) is 5.70. The zero-order chi connectivity index (χ0) is 17.3. The third-order valence-corrected chi connectivity index (χ3v) is 4.06. The zero-order valence-electron chi connectivity index (χ0n) is 13.5. The predicted molar refractivity (Wildman–Crippen MR) is 89.5 cm³/mol. The van der Waals surface area contributed by atoms with Gasteiger partial charge < -0.3 is 14.8 Å². The molecule has 0 saturated carbocycles. The van der Waals surface area contributed by atoms with Crippen molar-refractivity contribution >= 4 is 16.9 Å². The molecule has 0 aliphatic rings. The standard InChI is InChI=1S/C19H18FNO3/c1-3-16(12-4-6-13(20)7-5-12)21-19(23)18-11(2)24-17-9-8-14(22)10-15(17)18/h4-10,16,22H,3H2,1-2H3,(H,21,23)/t16-/m1/s1. The van der Waals surface area contributed by atoms with Crippen molar-refractivity contribution in [2.24, 2.45) is 0 Å². The summed E-state index contributed by atoms with van der Waals surface area (Å²) in [4.78, 5) is 12.7. The maximum Gasteiger partial charge on any atom is 0.255 e. The zero-order valence-corrected chi connectivity index (χ0v) is 13.5. The summed E-state index contributed by atoms with van der Waals surface area (Å²) in [7, 11) is 0. The fourth-order valence-corrected chi connectivity index (χ4v) is 2.84. The molecule has 0 bridgehead atoms. The van der Waals surface area contributed by atoms with E-state index < -0.39 is 0 Å². The van der Waals surface area contributed by atoms with E-state index in [1.54, 1.807) is 25.1 Å². The molecule has 2 aromatic carbocycles. The average molecular weight is 327 g/mol. The quantitative estimate of drug-likeness (QED) is 0.743. The molecule has 0 aliphatic carbocycles. The minimum Gasteiger partial charge on any atom is -0.508 e. The van der Waals surface area contributed by atoms with Crippen LogP contribution in [-0.2, 0) is 0 Å². The Morgan fingerprint density at radius 1 is 1.25 bits per heavy atom. The Morgan fingerprint density at radius 3 is 2.62 bits per heavy atom. The van der Waals surface area contributed by atoms with Crippen molar-refractivity contribution in [3.8, 4) is 5.75 Å². The number of fused-ring (bicyclic) bond motifs is 1. The molecule has 0 spiro atoms. The first-order chi connectivity index (χ1) is 11.5. The summed E-state index contributed by atoms with van der Waals surface area (Å²) in [5, 5.41) is 13.2. The van der Waals surface area contributed by atoms with E-state index in [1.807, 2.05) is 6.92 Å². The first-order valence-electron chi connectivity index (χ1n) is 7.78. The average Bonchev–Trinajstić information content (AvgIpc) is 2.88. The number of amides is 1. The first-order valence-corrected chi connectivity index (χ1v) is 7.78. The molecular formula is C19H18FNO3. The van der Waals surface area contributed by atoms with Gasteiger partial charge in [0.1, 0.15) is 22.9 Å². The molecule has 3 aromatic rings. The van der Waals surface area contributed by atoms with Gasteiger partial charge in [0.15, 0.2) is 0 Å². The number of halogens is 1. The van der Waals surface area contributed by atoms with Crippen molar-refractivity contribution in [1.82, 2.24) is 5.32 Å². The van der Waals surface area contributed by atoms with Crippen LogP contribution in [0, 0.1) is 12.7 Å². The summed E-state index contributed by atoms with van der Waals surface area (Å²) in [5.74, 6) is -0.0370. The molecule has 124 valence electrons. The fraction of sp³-hybridized carbons (Fsp3) is 0.211. The predicted octanol–water partition coefficient (Wildman–Crippen LogP) is 4.47. The number of rotatable bonds is 4. The van der Waals surface area contributed by atoms with Crippen molar-refractivity contribution in [3.05, 3.63) is 65.2 Å². The highest BCUT2D eigenvalue weighted by molar-refractivity contribution is 6.07. The minimum atomic E-state index is -0.313. The van der Waals surface area contributed by atoms with Gasteiger partial charge in [-0.2, -0.15) is 0 Å². The monoisotopic (exact) mass is 327 g/mol. The smallest absolute Gasteiger partial charge is 0.255 e. The normalized spacial score (nSPS) is 12.3. The van der Waals surface area contributed by atoms with Crippen molar-refractivity contribution in [3.63, 3.8) is 0 Å². The number of carbonyl (C=O) groups excluding carboxylic acids is 1. The molecule has 0 saturated heterocycles. The number of aryl methyl sites for hydroxylation is 1. The van der Waals surface area contributed by atoms with E-state index in [-0.39, 0.29) is 23.5 Å². The number of phenolic OH excluding ortho intramolecular Hbond substituents is 1. The van der Waals surface area contributed by atoms with Gasteiger partial charge in [0.25, 0.3) is 5.91 Å². The van der Waals surface area contributed by atoms with Gasteiger partial charge in [-0.1, -0.05) is 19.1 Å². The molecule has 5 heteroatoms. The van der Waals surface area contributed by atoms with E-state index in [0.29, 0.717) is 28.7 Å². The summed E-state index contributed by atoms with van der Waals surface area (Å²) >= 11 is 0. The van der Waals surface area contributed by atoms with E-state index >= 15 is 0 Å². The van der Waals surface area contributed by atoms with E-state index in [9.17, 15) is 14.3 Å². The molecule has 1 atom stereocenters. The topological polar surface area (TPSA) is 62.5 Å². The number of phenols is 1. The number of nitrogens with one attached hydrogen (secondary N) is 1. The lowest BCUT2D eigenvalue weighted by atomic mass is 10.0. The van der Waals surface area contributed by atoms with Crippen LogP contribution >= 0.6 is 0 Å². The number of carbonyl (C=O) groups is 1. The second kappa shape index (κ2) is 6.35. The molecule has 2 N–H and O–H groups in total. The third-order valence-electron chi connectivity index (χ3n) is 4.06. The number of aromatic hydroxyl groups is 1. The van der Waals surface area contributed by atoms with Crippen LogP contribution in [-0.4, -0.2) is 11.0 Å². The number of hydrogen-bond donors (Lipinski definition) is 2. The Labute approximate surface area is 138 Å². The Hall–Kier alpha value is -2.82. The van der Waals surface area contributed by atoms with E-state index in [0.717, 1.165) is 5.56 Å². The van der Waals surface area contributed by atoms with Gasteiger partial charge in [-0.25, -0.2) is 4.39 Å². The molecule has 24 heavy (non-hydrogen) atoms. The van der Waals surface area contributed by atoms with Gasteiger partial charge in [0.05, 0.1) is 11.6 Å². The molecule has 0 unspecified atom stereocenters. The third kappa shape index (κ3) is 2.97. The van der Waals surface area contributed by atoms with E-state index in [4.69, 9.17) is 4.42 Å². The molecule has 1 aromatic heterocycles. The van der Waals surface area contributed by atoms with Gasteiger partial charge in [0, 0.05) is 5.39 Å². The second-order valence-corrected chi connectivity index (χ2v) is 5.70. The van der Waals surface area contributed by atoms with Crippen molar-refractivity contribution in [2.45, 2.75) is 26.3 Å². The van der Waals surface area contributed by atoms with Crippen LogP contribution < -0.4 is 5.32 Å². The van der Waals surface area contributed by atoms with Crippen LogP contribution in [0.3, 0.4) is 0 Å². The van der Waals surface area contributed by atoms with Gasteiger partial charge in [-0.15, -0.1) is 0 Å². The van der Waals surface area contributed by atoms with Gasteiger partial charge in [-0.05, 0) is 49.2 Å². The molecule has 0 fully saturated rings. The van der Waals surface area contributed by atoms with Crippen molar-refractivity contribution in [1.29, 1.82) is 0 Å². The first kappa shape index (κ1) is 16.1. The molecule has 0 aliphatic heterocycles. The van der Waals surface area contributed by atoms with Gasteiger partial charge in [0.2, 0.25) is 0 Å². The summed E-state index contributed by atoms with van der Waals surface area (Å²) in [5.41, 5.74) is 1.78. The summed E-state index contributed by atoms with van der Waals surface area (Å²) in [6, 6.07) is 10.5. The van der Waals surface area contributed by atoms with Crippen LogP contribution in [0.5, 0.6) is 5.75 Å². The lowest BCUT2D eigenvalue weighted by Gasteiger charge is -2.17. The summed E-state index contributed by atoms with van der Waals surface area (Å²) in [6.07, 6.45) is 0.664. The van der Waals surface area contributed by atoms with Crippen LogP contribution in [0.25, 0.3) is 11.0 Å². The fourth-order valence-electron chi connectivity index (χ4n) is 2.84. The molecule has 1 heterocycles. The SMILES string of the molecule is CC[C@@H](NC(=O)c1c(C)oc2ccc(O)cc12)c1ccc(F)cc1.